The van der Waals surface area contributed by atoms with Gasteiger partial charge in [-0.25, -0.2) is 13.6 Å². The van der Waals surface area contributed by atoms with Gasteiger partial charge in [-0.1, -0.05) is 24.8 Å². The Morgan fingerprint density at radius 2 is 2.05 bits per heavy atom. The second kappa shape index (κ2) is 11.0. The zero-order chi connectivity index (χ0) is 30.6. The molecule has 2 saturated heterocycles. The topological polar surface area (TPSA) is 101 Å². The first-order valence-electron chi connectivity index (χ1n) is 15.3. The molecule has 2 aromatic heterocycles. The molecule has 4 aromatic rings. The molecular weight excluding hydrogens is 566 g/mol. The van der Waals surface area contributed by atoms with Crippen molar-refractivity contribution >= 4 is 27.5 Å². The maximum Gasteiger partial charge on any atom is 0.349 e. The van der Waals surface area contributed by atoms with Crippen LogP contribution in [0.4, 0.5) is 14.6 Å². The smallest absolute Gasteiger partial charge is 0.349 e. The fourth-order valence-corrected chi connectivity index (χ4v) is 7.53. The van der Waals surface area contributed by atoms with E-state index in [1.165, 1.54) is 37.1 Å². The van der Waals surface area contributed by atoms with Gasteiger partial charge in [0.25, 0.3) is 0 Å². The number of terminal acetylenes is 1. The van der Waals surface area contributed by atoms with E-state index < -0.39 is 23.2 Å². The van der Waals surface area contributed by atoms with Crippen molar-refractivity contribution in [3.05, 3.63) is 51.6 Å². The highest BCUT2D eigenvalue weighted by molar-refractivity contribution is 6.03. The summed E-state index contributed by atoms with van der Waals surface area (Å²) in [6, 6.07) is 5.70. The molecule has 7 rings (SSSR count). The average molecular weight is 601 g/mol. The Bertz CT molecular complexity index is 1880. The summed E-state index contributed by atoms with van der Waals surface area (Å²) < 4.78 is 41.4. The first kappa shape index (κ1) is 28.5. The summed E-state index contributed by atoms with van der Waals surface area (Å²) >= 11 is 0. The van der Waals surface area contributed by atoms with Crippen molar-refractivity contribution < 1.29 is 23.0 Å². The number of hydrogen-bond donors (Lipinski definition) is 2. The van der Waals surface area contributed by atoms with Gasteiger partial charge in [0.05, 0.1) is 16.6 Å². The van der Waals surface area contributed by atoms with Crippen LogP contribution in [-0.2, 0) is 0 Å². The molecule has 4 heterocycles. The van der Waals surface area contributed by atoms with E-state index in [0.29, 0.717) is 53.1 Å². The van der Waals surface area contributed by atoms with Crippen molar-refractivity contribution in [2.24, 2.45) is 5.92 Å². The molecule has 1 aliphatic carbocycles. The van der Waals surface area contributed by atoms with Crippen LogP contribution in [0.3, 0.4) is 0 Å². The highest BCUT2D eigenvalue weighted by Gasteiger charge is 2.49. The molecule has 3 aliphatic rings. The lowest BCUT2D eigenvalue weighted by atomic mass is 9.95. The van der Waals surface area contributed by atoms with Crippen molar-refractivity contribution in [2.75, 3.05) is 31.6 Å². The van der Waals surface area contributed by atoms with Crippen LogP contribution in [0.2, 0.25) is 0 Å². The number of ether oxygens (including phenoxy) is 1. The molecule has 2 aromatic carbocycles. The molecule has 2 N–H and O–H groups in total. The SMILES string of the molecule is C#Cc1c(F)ccc2cc(O)cc(-c3oc(=O)c4c(NCC5CCCC5)nc(OC[C@@]56CCCN5C[C@H](F)C6)nc4c3C)c12. The second-order valence-electron chi connectivity index (χ2n) is 12.5. The van der Waals surface area contributed by atoms with E-state index in [9.17, 15) is 18.7 Å². The van der Waals surface area contributed by atoms with Crippen LogP contribution < -0.4 is 15.7 Å². The number of rotatable bonds is 7. The molecule has 2 atom stereocenters. The van der Waals surface area contributed by atoms with Crippen LogP contribution in [0.5, 0.6) is 11.8 Å². The number of aromatic nitrogens is 2. The Labute approximate surface area is 253 Å². The van der Waals surface area contributed by atoms with Crippen LogP contribution in [0.1, 0.15) is 56.1 Å². The Morgan fingerprint density at radius 1 is 1.23 bits per heavy atom. The molecule has 0 bridgehead atoms. The van der Waals surface area contributed by atoms with Crippen molar-refractivity contribution in [2.45, 2.75) is 63.6 Å². The van der Waals surface area contributed by atoms with Gasteiger partial charge < -0.3 is 19.6 Å². The van der Waals surface area contributed by atoms with E-state index in [-0.39, 0.29) is 40.6 Å². The predicted octanol–water partition coefficient (Wildman–Crippen LogP) is 6.09. The lowest BCUT2D eigenvalue weighted by Gasteiger charge is -2.30. The van der Waals surface area contributed by atoms with Gasteiger partial charge in [0.2, 0.25) is 0 Å². The number of phenols is 1. The molecule has 1 saturated carbocycles. The van der Waals surface area contributed by atoms with E-state index in [2.05, 4.69) is 21.1 Å². The van der Waals surface area contributed by atoms with Gasteiger partial charge in [0.15, 0.2) is 0 Å². The lowest BCUT2D eigenvalue weighted by molar-refractivity contribution is 0.107. The summed E-state index contributed by atoms with van der Waals surface area (Å²) in [7, 11) is 0. The normalized spacial score (nSPS) is 22.1. The summed E-state index contributed by atoms with van der Waals surface area (Å²) in [5, 5.41) is 14.9. The zero-order valence-electron chi connectivity index (χ0n) is 24.6. The quantitative estimate of drug-likeness (QED) is 0.246. The van der Waals surface area contributed by atoms with Gasteiger partial charge in [-0.2, -0.15) is 9.97 Å². The molecule has 2 aliphatic heterocycles. The van der Waals surface area contributed by atoms with E-state index in [4.69, 9.17) is 20.6 Å². The summed E-state index contributed by atoms with van der Waals surface area (Å²) in [5.74, 6) is 2.57. The number of halogens is 2. The number of anilines is 1. The van der Waals surface area contributed by atoms with Crippen LogP contribution in [0.25, 0.3) is 33.0 Å². The number of aromatic hydroxyl groups is 1. The summed E-state index contributed by atoms with van der Waals surface area (Å²) in [6.07, 6.45) is 11.5. The number of nitrogens with zero attached hydrogens (tertiary/aromatic N) is 3. The molecule has 44 heavy (non-hydrogen) atoms. The van der Waals surface area contributed by atoms with Crippen LogP contribution >= 0.6 is 0 Å². The van der Waals surface area contributed by atoms with Gasteiger partial charge in [-0.15, -0.1) is 6.42 Å². The van der Waals surface area contributed by atoms with Crippen molar-refractivity contribution in [3.63, 3.8) is 0 Å². The molecule has 228 valence electrons. The molecule has 0 radical (unpaired) electrons. The number of benzene rings is 2. The largest absolute Gasteiger partial charge is 0.508 e. The molecule has 0 spiro atoms. The summed E-state index contributed by atoms with van der Waals surface area (Å²) in [5.41, 5.74) is -0.0466. The van der Waals surface area contributed by atoms with E-state index in [1.807, 2.05) is 0 Å². The third-order valence-electron chi connectivity index (χ3n) is 9.69. The fourth-order valence-electron chi connectivity index (χ4n) is 7.53. The molecule has 0 unspecified atom stereocenters. The van der Waals surface area contributed by atoms with Gasteiger partial charge in [0, 0.05) is 36.0 Å². The molecule has 3 fully saturated rings. The first-order chi connectivity index (χ1) is 21.3. The number of nitrogens with one attached hydrogen (secondary N) is 1. The predicted molar refractivity (Wildman–Crippen MR) is 164 cm³/mol. The number of phenolic OH excluding ortho intramolecular Hbond substituents is 1. The maximum atomic E-state index is 14.8. The maximum absolute atomic E-state index is 14.8. The second-order valence-corrected chi connectivity index (χ2v) is 12.5. The Morgan fingerprint density at radius 3 is 2.84 bits per heavy atom. The highest BCUT2D eigenvalue weighted by Crippen LogP contribution is 2.41. The standard InChI is InChI=1S/C34H34F2N4O4/c1-3-24-26(36)10-9-21-13-23(41)14-25(27(21)24)30-19(2)29-28(32(42)44-30)31(37-16-20-7-4-5-8-20)39-33(38-29)43-18-34-11-6-12-40(34)17-22(35)15-34/h1,9-10,13-14,20,22,41H,4-8,11-12,15-18H2,2H3,(H,37,38,39)/t22-,34+/m1/s1. The fraction of sp³-hybridized carbons (Fsp3) is 0.441. The van der Waals surface area contributed by atoms with Crippen LogP contribution in [0, 0.1) is 31.0 Å². The minimum Gasteiger partial charge on any atom is -0.508 e. The van der Waals surface area contributed by atoms with E-state index >= 15 is 0 Å². The van der Waals surface area contributed by atoms with E-state index in [0.717, 1.165) is 32.2 Å². The lowest BCUT2D eigenvalue weighted by Crippen LogP contribution is -2.43. The molecule has 8 nitrogen and oxygen atoms in total. The monoisotopic (exact) mass is 600 g/mol. The Hall–Kier alpha value is -4.23. The minimum absolute atomic E-state index is 0.00613. The summed E-state index contributed by atoms with van der Waals surface area (Å²) in [4.78, 5) is 25.2. The number of hydrogen-bond acceptors (Lipinski definition) is 8. The van der Waals surface area contributed by atoms with Gasteiger partial charge in [0.1, 0.15) is 41.3 Å². The van der Waals surface area contributed by atoms with Crippen LogP contribution in [-0.4, -0.2) is 57.9 Å². The highest BCUT2D eigenvalue weighted by atomic mass is 19.1. The Kier molecular flexibility index (Phi) is 7.16. The zero-order valence-corrected chi connectivity index (χ0v) is 24.6. The Balaban J connectivity index is 1.37. The number of alkyl halides is 1. The molecule has 10 heteroatoms. The third-order valence-corrected chi connectivity index (χ3v) is 9.69. The first-order valence-corrected chi connectivity index (χ1v) is 15.3. The average Bonchev–Trinajstić information content (AvgIpc) is 3.73. The van der Waals surface area contributed by atoms with E-state index in [1.54, 1.807) is 6.92 Å². The van der Waals surface area contributed by atoms with Crippen molar-refractivity contribution in [1.82, 2.24) is 14.9 Å². The summed E-state index contributed by atoms with van der Waals surface area (Å²) in [6.45, 7) is 3.84. The van der Waals surface area contributed by atoms with Gasteiger partial charge >= 0.3 is 11.6 Å². The third kappa shape index (κ3) is 4.84. The molecule has 0 amide bonds. The molecular formula is C34H34F2N4O4. The van der Waals surface area contributed by atoms with Crippen molar-refractivity contribution in [3.8, 4) is 35.4 Å². The van der Waals surface area contributed by atoms with Gasteiger partial charge in [-0.3, -0.25) is 4.90 Å². The van der Waals surface area contributed by atoms with Crippen molar-refractivity contribution in [1.29, 1.82) is 0 Å². The van der Waals surface area contributed by atoms with Crippen LogP contribution in [0.15, 0.2) is 33.5 Å². The number of fused-ring (bicyclic) bond motifs is 3. The number of aryl methyl sites for hydroxylation is 1. The van der Waals surface area contributed by atoms with Gasteiger partial charge in [-0.05, 0) is 68.7 Å². The minimum atomic E-state index is -0.899.